The second-order valence-corrected chi connectivity index (χ2v) is 4.91. The van der Waals surface area contributed by atoms with E-state index < -0.39 is 5.91 Å². The van der Waals surface area contributed by atoms with E-state index in [2.05, 4.69) is 4.99 Å². The smallest absolute Gasteiger partial charge is 0.250 e. The van der Waals surface area contributed by atoms with E-state index in [1.54, 1.807) is 35.8 Å². The van der Waals surface area contributed by atoms with Crippen molar-refractivity contribution in [3.63, 3.8) is 0 Å². The van der Waals surface area contributed by atoms with E-state index in [1.165, 1.54) is 4.78 Å². The van der Waals surface area contributed by atoms with Crippen LogP contribution in [0.25, 0.3) is 0 Å². The van der Waals surface area contributed by atoms with Gasteiger partial charge in [-0.25, -0.2) is 0 Å². The van der Waals surface area contributed by atoms with Crippen LogP contribution in [-0.2, 0) is 0 Å². The van der Waals surface area contributed by atoms with Crippen LogP contribution < -0.4 is 10.5 Å². The maximum atomic E-state index is 11.2. The number of thiophene rings is 1. The molecule has 0 spiro atoms. The molecule has 1 heterocycles. The van der Waals surface area contributed by atoms with Crippen molar-refractivity contribution >= 4 is 41.8 Å². The third kappa shape index (κ3) is 2.82. The monoisotopic (exact) mass is 242 g/mol. The Kier molecular flexibility index (Phi) is 3.39. The molecule has 3 nitrogen and oxygen atoms in total. The molecule has 1 aromatic heterocycles. The Balaban J connectivity index is 2.30. The van der Waals surface area contributed by atoms with Crippen LogP contribution in [0.4, 0.5) is 5.69 Å². The molecule has 0 aliphatic carbocycles. The molecule has 0 atom stereocenters. The summed E-state index contributed by atoms with van der Waals surface area (Å²) in [6.07, 6.45) is 1.75. The van der Waals surface area contributed by atoms with Crippen LogP contribution >= 0.6 is 11.3 Å². The lowest BCUT2D eigenvalue weighted by molar-refractivity contribution is 0.100. The molecule has 0 saturated carbocycles. The molecular weight excluding hydrogens is 231 g/mol. The van der Waals surface area contributed by atoms with Crippen molar-refractivity contribution in [2.24, 2.45) is 10.7 Å². The fraction of sp³-hybridized carbons (Fsp3) is 0. The van der Waals surface area contributed by atoms with Crippen molar-refractivity contribution in [1.29, 1.82) is 0 Å². The van der Waals surface area contributed by atoms with Crippen molar-refractivity contribution in [3.8, 4) is 0 Å². The average Bonchev–Trinajstić information content (AvgIpc) is 2.73. The van der Waals surface area contributed by atoms with Gasteiger partial charge in [0.2, 0.25) is 0 Å². The van der Waals surface area contributed by atoms with Gasteiger partial charge in [-0.3, -0.25) is 9.79 Å². The Morgan fingerprint density at radius 3 is 2.71 bits per heavy atom. The summed E-state index contributed by atoms with van der Waals surface area (Å²) < 4.78 is 1.23. The van der Waals surface area contributed by atoms with E-state index in [4.69, 9.17) is 5.73 Å². The van der Waals surface area contributed by atoms with E-state index in [1.807, 2.05) is 26.0 Å². The van der Waals surface area contributed by atoms with Gasteiger partial charge in [0.05, 0.1) is 11.3 Å². The molecule has 2 rings (SSSR count). The van der Waals surface area contributed by atoms with Crippen molar-refractivity contribution < 1.29 is 4.79 Å². The van der Waals surface area contributed by atoms with E-state index in [-0.39, 0.29) is 0 Å². The number of benzene rings is 1. The fourth-order valence-electron chi connectivity index (χ4n) is 1.45. The SMILES string of the molecule is Bc1ccc(/C=N/c2ccccc2C(N)=O)s1. The third-order valence-electron chi connectivity index (χ3n) is 2.26. The zero-order valence-corrected chi connectivity index (χ0v) is 10.2. The molecule has 1 aromatic carbocycles. The van der Waals surface area contributed by atoms with Crippen molar-refractivity contribution in [3.05, 3.63) is 46.8 Å². The number of amides is 1. The largest absolute Gasteiger partial charge is 0.366 e. The maximum absolute atomic E-state index is 11.2. The van der Waals surface area contributed by atoms with Gasteiger partial charge in [0.25, 0.3) is 5.91 Å². The second-order valence-electron chi connectivity index (χ2n) is 3.59. The van der Waals surface area contributed by atoms with Crippen LogP contribution in [0.1, 0.15) is 15.2 Å². The van der Waals surface area contributed by atoms with E-state index in [9.17, 15) is 4.79 Å². The minimum Gasteiger partial charge on any atom is -0.366 e. The molecule has 0 aliphatic heterocycles. The molecule has 0 bridgehead atoms. The van der Waals surface area contributed by atoms with Gasteiger partial charge in [-0.05, 0) is 23.0 Å². The second kappa shape index (κ2) is 4.97. The molecule has 2 aromatic rings. The van der Waals surface area contributed by atoms with Gasteiger partial charge in [-0.15, -0.1) is 0 Å². The van der Waals surface area contributed by atoms with E-state index in [0.717, 1.165) is 4.88 Å². The number of nitrogens with zero attached hydrogens (tertiary/aromatic N) is 1. The summed E-state index contributed by atoms with van der Waals surface area (Å²) in [5.41, 5.74) is 6.32. The standard InChI is InChI=1S/C12H11BN2OS/c13-11-6-5-8(17-11)7-15-10-4-2-1-3-9(10)12(14)16/h1-7H,13H2,(H2,14,16)/b15-7+. The molecule has 0 aliphatic rings. The summed E-state index contributed by atoms with van der Waals surface area (Å²) in [5.74, 6) is -0.458. The Morgan fingerprint density at radius 2 is 2.06 bits per heavy atom. The molecule has 1 amide bonds. The highest BCUT2D eigenvalue weighted by atomic mass is 32.1. The first-order valence-electron chi connectivity index (χ1n) is 5.16. The maximum Gasteiger partial charge on any atom is 0.250 e. The van der Waals surface area contributed by atoms with Gasteiger partial charge in [0, 0.05) is 11.1 Å². The normalized spacial score (nSPS) is 10.8. The summed E-state index contributed by atoms with van der Waals surface area (Å²) in [6, 6.07) is 11.1. The molecule has 0 fully saturated rings. The molecular formula is C12H11BN2OS. The van der Waals surface area contributed by atoms with Crippen LogP contribution in [0.3, 0.4) is 0 Å². The molecule has 5 heteroatoms. The zero-order chi connectivity index (χ0) is 12.3. The van der Waals surface area contributed by atoms with Crippen LogP contribution in [0, 0.1) is 0 Å². The highest BCUT2D eigenvalue weighted by molar-refractivity contribution is 7.21. The van der Waals surface area contributed by atoms with E-state index >= 15 is 0 Å². The fourth-order valence-corrected chi connectivity index (χ4v) is 2.20. The number of carbonyl (C=O) groups is 1. The number of primary amides is 1. The van der Waals surface area contributed by atoms with Gasteiger partial charge >= 0.3 is 0 Å². The van der Waals surface area contributed by atoms with Crippen molar-refractivity contribution in [1.82, 2.24) is 0 Å². The van der Waals surface area contributed by atoms with Crippen molar-refractivity contribution in [2.45, 2.75) is 0 Å². The third-order valence-corrected chi connectivity index (χ3v) is 3.20. The Morgan fingerprint density at radius 1 is 1.29 bits per heavy atom. The average molecular weight is 242 g/mol. The number of rotatable bonds is 3. The highest BCUT2D eigenvalue weighted by Crippen LogP contribution is 2.18. The van der Waals surface area contributed by atoms with E-state index in [0.29, 0.717) is 11.3 Å². The molecule has 0 saturated heterocycles. The lowest BCUT2D eigenvalue weighted by atomic mass is 10.1. The first kappa shape index (κ1) is 11.6. The van der Waals surface area contributed by atoms with Gasteiger partial charge in [-0.1, -0.05) is 18.2 Å². The Bertz CT molecular complexity index is 577. The molecule has 0 radical (unpaired) electrons. The summed E-state index contributed by atoms with van der Waals surface area (Å²) in [4.78, 5) is 16.5. The van der Waals surface area contributed by atoms with Gasteiger partial charge in [0.1, 0.15) is 0 Å². The predicted molar refractivity (Wildman–Crippen MR) is 74.7 cm³/mol. The van der Waals surface area contributed by atoms with Gasteiger partial charge in [0.15, 0.2) is 7.85 Å². The first-order chi connectivity index (χ1) is 8.16. The minimum atomic E-state index is -0.458. The number of aliphatic imine (C=N–C) groups is 1. The molecule has 17 heavy (non-hydrogen) atoms. The number of para-hydroxylation sites is 1. The Hall–Kier alpha value is -1.88. The number of carbonyl (C=O) groups excluding carboxylic acids is 1. The van der Waals surface area contributed by atoms with Gasteiger partial charge < -0.3 is 5.73 Å². The number of hydrogen-bond acceptors (Lipinski definition) is 3. The van der Waals surface area contributed by atoms with Crippen LogP contribution in [-0.4, -0.2) is 20.0 Å². The number of nitrogens with two attached hydrogens (primary N) is 1. The van der Waals surface area contributed by atoms with Crippen LogP contribution in [0.5, 0.6) is 0 Å². The lowest BCUT2D eigenvalue weighted by Gasteiger charge is -1.99. The van der Waals surface area contributed by atoms with Crippen LogP contribution in [0.15, 0.2) is 41.4 Å². The quantitative estimate of drug-likeness (QED) is 0.629. The number of hydrogen-bond donors (Lipinski definition) is 1. The Labute approximate surface area is 104 Å². The summed E-state index contributed by atoms with van der Waals surface area (Å²) in [5, 5.41) is 0. The molecule has 84 valence electrons. The van der Waals surface area contributed by atoms with Crippen LogP contribution in [0.2, 0.25) is 0 Å². The highest BCUT2D eigenvalue weighted by Gasteiger charge is 2.05. The summed E-state index contributed by atoms with van der Waals surface area (Å²) in [7, 11) is 2.04. The topological polar surface area (TPSA) is 55.4 Å². The predicted octanol–water partition coefficient (Wildman–Crippen LogP) is 0.856. The van der Waals surface area contributed by atoms with Crippen molar-refractivity contribution in [2.75, 3.05) is 0 Å². The minimum absolute atomic E-state index is 0.442. The summed E-state index contributed by atoms with van der Waals surface area (Å²) in [6.45, 7) is 0. The lowest BCUT2D eigenvalue weighted by Crippen LogP contribution is -2.10. The molecule has 0 unspecified atom stereocenters. The zero-order valence-electron chi connectivity index (χ0n) is 9.38. The summed E-state index contributed by atoms with van der Waals surface area (Å²) >= 11 is 1.66. The first-order valence-corrected chi connectivity index (χ1v) is 5.98. The van der Waals surface area contributed by atoms with Gasteiger partial charge in [-0.2, -0.15) is 11.3 Å². The molecule has 2 N–H and O–H groups in total.